The first-order chi connectivity index (χ1) is 10.2. The number of ether oxygens (including phenoxy) is 4. The third-order valence-corrected chi connectivity index (χ3v) is 2.31. The summed E-state index contributed by atoms with van der Waals surface area (Å²) >= 11 is 0. The average molecular weight is 305 g/mol. The fourth-order valence-corrected chi connectivity index (χ4v) is 1.26. The zero-order valence-electron chi connectivity index (χ0n) is 13.0. The van der Waals surface area contributed by atoms with Crippen LogP contribution in [0.1, 0.15) is 20.3 Å². The van der Waals surface area contributed by atoms with Crippen molar-refractivity contribution in [1.82, 2.24) is 5.32 Å². The van der Waals surface area contributed by atoms with Crippen molar-refractivity contribution in [2.75, 3.05) is 59.4 Å². The van der Waals surface area contributed by atoms with E-state index in [0.717, 1.165) is 0 Å². The van der Waals surface area contributed by atoms with Crippen LogP contribution in [0.5, 0.6) is 0 Å². The van der Waals surface area contributed by atoms with E-state index in [1.807, 2.05) is 6.92 Å². The third-order valence-electron chi connectivity index (χ3n) is 2.31. The van der Waals surface area contributed by atoms with Crippen LogP contribution in [-0.2, 0) is 28.5 Å². The number of hydrogen-bond donors (Lipinski definition) is 1. The van der Waals surface area contributed by atoms with Gasteiger partial charge in [0.1, 0.15) is 6.61 Å². The Hall–Kier alpha value is -1.02. The van der Waals surface area contributed by atoms with Crippen molar-refractivity contribution >= 4 is 11.7 Å². The van der Waals surface area contributed by atoms with E-state index >= 15 is 0 Å². The first-order valence-electron chi connectivity index (χ1n) is 7.24. The zero-order valence-corrected chi connectivity index (χ0v) is 13.0. The summed E-state index contributed by atoms with van der Waals surface area (Å²) in [6.45, 7) is 7.24. The molecule has 0 aromatic carbocycles. The number of hydrogen-bond acceptors (Lipinski definition) is 6. The largest absolute Gasteiger partial charge is 0.377 e. The Morgan fingerprint density at radius 2 is 1.29 bits per heavy atom. The molecule has 0 aromatic rings. The summed E-state index contributed by atoms with van der Waals surface area (Å²) in [4.78, 5) is 21.5. The van der Waals surface area contributed by atoms with Crippen LogP contribution in [0, 0.1) is 0 Å². The Labute approximate surface area is 126 Å². The van der Waals surface area contributed by atoms with Crippen molar-refractivity contribution in [2.45, 2.75) is 20.3 Å². The molecule has 0 saturated carbocycles. The molecule has 0 saturated heterocycles. The highest BCUT2D eigenvalue weighted by molar-refractivity contribution is 5.76. The van der Waals surface area contributed by atoms with Gasteiger partial charge in [0, 0.05) is 13.0 Å². The fourth-order valence-electron chi connectivity index (χ4n) is 1.26. The van der Waals surface area contributed by atoms with E-state index < -0.39 is 0 Å². The predicted molar refractivity (Wildman–Crippen MR) is 77.3 cm³/mol. The number of ketones is 1. The van der Waals surface area contributed by atoms with Crippen molar-refractivity contribution in [3.05, 3.63) is 0 Å². The Morgan fingerprint density at radius 1 is 0.810 bits per heavy atom. The Balaban J connectivity index is 3.02. The molecule has 0 fully saturated rings. The van der Waals surface area contributed by atoms with Gasteiger partial charge in [-0.2, -0.15) is 0 Å². The lowest BCUT2D eigenvalue weighted by Crippen LogP contribution is -2.26. The third kappa shape index (κ3) is 16.9. The number of nitrogens with one attached hydrogen (secondary N) is 1. The van der Waals surface area contributed by atoms with E-state index in [1.54, 1.807) is 0 Å². The molecule has 0 aromatic heterocycles. The molecule has 0 unspecified atom stereocenters. The molecule has 0 aliphatic heterocycles. The minimum Gasteiger partial charge on any atom is -0.377 e. The second-order valence-electron chi connectivity index (χ2n) is 4.30. The molecule has 1 amide bonds. The van der Waals surface area contributed by atoms with Crippen LogP contribution in [0.2, 0.25) is 0 Å². The van der Waals surface area contributed by atoms with E-state index in [2.05, 4.69) is 5.32 Å². The molecule has 0 radical (unpaired) electrons. The average Bonchev–Trinajstić information content (AvgIpc) is 2.46. The van der Waals surface area contributed by atoms with Gasteiger partial charge in [-0.1, -0.05) is 6.92 Å². The molecule has 7 nitrogen and oxygen atoms in total. The maximum Gasteiger partial charge on any atom is 0.219 e. The molecule has 0 spiro atoms. The highest BCUT2D eigenvalue weighted by atomic mass is 16.6. The van der Waals surface area contributed by atoms with Gasteiger partial charge in [0.25, 0.3) is 0 Å². The quantitative estimate of drug-likeness (QED) is 0.434. The van der Waals surface area contributed by atoms with Crippen LogP contribution in [0.3, 0.4) is 0 Å². The number of carbonyl (C=O) groups excluding carboxylic acids is 2. The molecule has 124 valence electrons. The van der Waals surface area contributed by atoms with Gasteiger partial charge in [0.15, 0.2) is 5.78 Å². The summed E-state index contributed by atoms with van der Waals surface area (Å²) in [6.07, 6.45) is 0.489. The smallest absolute Gasteiger partial charge is 0.219 e. The summed E-state index contributed by atoms with van der Waals surface area (Å²) in [6, 6.07) is 0. The highest BCUT2D eigenvalue weighted by Gasteiger charge is 1.96. The first-order valence-corrected chi connectivity index (χ1v) is 7.24. The standard InChI is InChI=1S/C14H27NO6/c1-3-14(17)15-4-5-18-6-7-19-8-9-20-10-11-21-12-13(2)16/h3-12H2,1-2H3,(H,15,17). The van der Waals surface area contributed by atoms with Crippen LogP contribution in [-0.4, -0.2) is 71.1 Å². The molecule has 0 rings (SSSR count). The van der Waals surface area contributed by atoms with Gasteiger partial charge in [-0.15, -0.1) is 0 Å². The van der Waals surface area contributed by atoms with Crippen molar-refractivity contribution in [3.63, 3.8) is 0 Å². The molecule has 0 bridgehead atoms. The second-order valence-corrected chi connectivity index (χ2v) is 4.30. The minimum atomic E-state index is 0.00703. The molecule has 0 aliphatic carbocycles. The second kappa shape index (κ2) is 15.4. The number of carbonyl (C=O) groups is 2. The topological polar surface area (TPSA) is 83.1 Å². The maximum absolute atomic E-state index is 10.9. The summed E-state index contributed by atoms with van der Waals surface area (Å²) in [5.41, 5.74) is 0. The van der Waals surface area contributed by atoms with Crippen LogP contribution in [0.25, 0.3) is 0 Å². The molecular weight excluding hydrogens is 278 g/mol. The first kappa shape index (κ1) is 20.0. The van der Waals surface area contributed by atoms with Gasteiger partial charge in [0.2, 0.25) is 5.91 Å². The molecular formula is C14H27NO6. The van der Waals surface area contributed by atoms with Gasteiger partial charge in [-0.05, 0) is 6.92 Å². The van der Waals surface area contributed by atoms with E-state index in [9.17, 15) is 9.59 Å². The van der Waals surface area contributed by atoms with Gasteiger partial charge < -0.3 is 24.3 Å². The van der Waals surface area contributed by atoms with Gasteiger partial charge >= 0.3 is 0 Å². The lowest BCUT2D eigenvalue weighted by atomic mass is 10.4. The predicted octanol–water partition coefficient (Wildman–Crippen LogP) is 0.168. The number of amides is 1. The lowest BCUT2D eigenvalue weighted by Gasteiger charge is -2.07. The van der Waals surface area contributed by atoms with Crippen LogP contribution in [0.15, 0.2) is 0 Å². The summed E-state index contributed by atoms with van der Waals surface area (Å²) in [7, 11) is 0. The Kier molecular flexibility index (Phi) is 14.6. The normalized spacial score (nSPS) is 10.6. The summed E-state index contributed by atoms with van der Waals surface area (Å²) in [5.74, 6) is 0.0341. The minimum absolute atomic E-state index is 0.00703. The lowest BCUT2D eigenvalue weighted by molar-refractivity contribution is -0.122. The summed E-state index contributed by atoms with van der Waals surface area (Å²) in [5, 5.41) is 2.72. The van der Waals surface area contributed by atoms with E-state index in [0.29, 0.717) is 59.2 Å². The monoisotopic (exact) mass is 305 g/mol. The van der Waals surface area contributed by atoms with Crippen LogP contribution >= 0.6 is 0 Å². The molecule has 0 aliphatic rings. The van der Waals surface area contributed by atoms with Crippen LogP contribution in [0.4, 0.5) is 0 Å². The Bertz CT molecular complexity index is 272. The fraction of sp³-hybridized carbons (Fsp3) is 0.857. The zero-order chi connectivity index (χ0) is 15.8. The Morgan fingerprint density at radius 3 is 1.76 bits per heavy atom. The molecule has 1 N–H and O–H groups in total. The number of Topliss-reactive ketones (excluding diaryl/α,β-unsaturated/α-hetero) is 1. The van der Waals surface area contributed by atoms with Crippen molar-refractivity contribution in [2.24, 2.45) is 0 Å². The van der Waals surface area contributed by atoms with Crippen molar-refractivity contribution in [3.8, 4) is 0 Å². The van der Waals surface area contributed by atoms with Crippen molar-refractivity contribution < 1.29 is 28.5 Å². The van der Waals surface area contributed by atoms with E-state index in [4.69, 9.17) is 18.9 Å². The maximum atomic E-state index is 10.9. The summed E-state index contributed by atoms with van der Waals surface area (Å²) < 4.78 is 20.9. The van der Waals surface area contributed by atoms with E-state index in [1.165, 1.54) is 6.92 Å². The van der Waals surface area contributed by atoms with Gasteiger partial charge in [0.05, 0.1) is 46.2 Å². The van der Waals surface area contributed by atoms with Crippen molar-refractivity contribution in [1.29, 1.82) is 0 Å². The van der Waals surface area contributed by atoms with Crippen LogP contribution < -0.4 is 5.32 Å². The number of rotatable bonds is 15. The molecule has 7 heteroatoms. The van der Waals surface area contributed by atoms with Gasteiger partial charge in [-0.25, -0.2) is 0 Å². The molecule has 0 heterocycles. The van der Waals surface area contributed by atoms with Gasteiger partial charge in [-0.3, -0.25) is 9.59 Å². The highest BCUT2D eigenvalue weighted by Crippen LogP contribution is 1.83. The molecule has 21 heavy (non-hydrogen) atoms. The SMILES string of the molecule is CCC(=O)NCCOCCOCCOCCOCC(C)=O. The van der Waals surface area contributed by atoms with E-state index in [-0.39, 0.29) is 18.3 Å². The molecule has 0 atom stereocenters.